The van der Waals surface area contributed by atoms with Crippen molar-refractivity contribution in [3.8, 4) is 5.75 Å². The van der Waals surface area contributed by atoms with Crippen LogP contribution in [0.1, 0.15) is 12.5 Å². The monoisotopic (exact) mass is 272 g/mol. The second kappa shape index (κ2) is 6.43. The molecule has 2 nitrogen and oxygen atoms in total. The number of hydrogen-bond donors (Lipinski definition) is 0. The van der Waals surface area contributed by atoms with E-state index in [1.807, 2.05) is 30.3 Å². The number of fused-ring (bicyclic) bond motifs is 1. The van der Waals surface area contributed by atoms with Crippen LogP contribution in [0.15, 0.2) is 42.5 Å². The van der Waals surface area contributed by atoms with Crippen molar-refractivity contribution in [2.75, 3.05) is 12.9 Å². The Hall–Kier alpha value is -1.74. The van der Waals surface area contributed by atoms with Gasteiger partial charge in [-0.25, -0.2) is 0 Å². The molecule has 0 atom stereocenters. The largest absolute Gasteiger partial charge is 0.496 e. The van der Waals surface area contributed by atoms with Crippen LogP contribution >= 0.6 is 11.8 Å². The van der Waals surface area contributed by atoms with E-state index < -0.39 is 0 Å². The normalized spacial score (nSPS) is 11.1. The molecule has 0 aliphatic heterocycles. The van der Waals surface area contributed by atoms with Crippen LogP contribution in [0, 0.1) is 0 Å². The first-order valence-electron chi connectivity index (χ1n) is 6.08. The summed E-state index contributed by atoms with van der Waals surface area (Å²) in [6.45, 7) is 1.58. The maximum absolute atomic E-state index is 10.9. The Labute approximate surface area is 117 Å². The van der Waals surface area contributed by atoms with E-state index in [0.717, 1.165) is 22.1 Å². The maximum atomic E-state index is 10.9. The van der Waals surface area contributed by atoms with Gasteiger partial charge < -0.3 is 4.74 Å². The number of methoxy groups -OCH3 is 1. The topological polar surface area (TPSA) is 26.3 Å². The zero-order valence-electron chi connectivity index (χ0n) is 11.1. The number of hydrogen-bond acceptors (Lipinski definition) is 3. The number of benzene rings is 2. The van der Waals surface area contributed by atoms with Crippen LogP contribution in [0.25, 0.3) is 16.8 Å². The van der Waals surface area contributed by atoms with Crippen molar-refractivity contribution in [3.63, 3.8) is 0 Å². The Morgan fingerprint density at radius 1 is 1.21 bits per heavy atom. The molecular formula is C16H16O2S. The van der Waals surface area contributed by atoms with Gasteiger partial charge in [0.15, 0.2) is 5.12 Å². The van der Waals surface area contributed by atoms with Crippen LogP contribution < -0.4 is 4.74 Å². The third kappa shape index (κ3) is 3.38. The molecule has 0 aromatic heterocycles. The molecule has 0 aliphatic rings. The highest BCUT2D eigenvalue weighted by molar-refractivity contribution is 8.13. The standard InChI is InChI=1S/C16H16O2S/c1-12(17)19-11-5-6-13-9-10-16(18-2)15-8-4-3-7-14(13)15/h3-10H,11H2,1-2H3. The Morgan fingerprint density at radius 3 is 2.63 bits per heavy atom. The molecule has 98 valence electrons. The van der Waals surface area contributed by atoms with Crippen LogP contribution in [0.5, 0.6) is 5.75 Å². The van der Waals surface area contributed by atoms with E-state index in [1.165, 1.54) is 11.8 Å². The van der Waals surface area contributed by atoms with Crippen LogP contribution in [0.2, 0.25) is 0 Å². The van der Waals surface area contributed by atoms with E-state index in [-0.39, 0.29) is 5.12 Å². The molecule has 0 fully saturated rings. The van der Waals surface area contributed by atoms with Gasteiger partial charge in [-0.1, -0.05) is 54.2 Å². The SMILES string of the molecule is COc1ccc(C=CCSC(C)=O)c2ccccc12. The lowest BCUT2D eigenvalue weighted by Gasteiger charge is -2.07. The van der Waals surface area contributed by atoms with Crippen LogP contribution in [0.4, 0.5) is 0 Å². The summed E-state index contributed by atoms with van der Waals surface area (Å²) in [6.07, 6.45) is 4.07. The fourth-order valence-electron chi connectivity index (χ4n) is 1.96. The van der Waals surface area contributed by atoms with E-state index in [0.29, 0.717) is 5.75 Å². The number of ether oxygens (including phenoxy) is 1. The Morgan fingerprint density at radius 2 is 1.95 bits per heavy atom. The van der Waals surface area contributed by atoms with Crippen LogP contribution in [0.3, 0.4) is 0 Å². The molecule has 0 amide bonds. The molecule has 19 heavy (non-hydrogen) atoms. The number of rotatable bonds is 4. The summed E-state index contributed by atoms with van der Waals surface area (Å²) >= 11 is 1.31. The van der Waals surface area contributed by atoms with Gasteiger partial charge >= 0.3 is 0 Å². The smallest absolute Gasteiger partial charge is 0.186 e. The Balaban J connectivity index is 2.31. The molecule has 0 saturated carbocycles. The highest BCUT2D eigenvalue weighted by Gasteiger charge is 2.03. The minimum atomic E-state index is 0.143. The Bertz CT molecular complexity index is 617. The van der Waals surface area contributed by atoms with Gasteiger partial charge in [-0.05, 0) is 17.0 Å². The van der Waals surface area contributed by atoms with Gasteiger partial charge in [-0.3, -0.25) is 4.79 Å². The first-order valence-corrected chi connectivity index (χ1v) is 7.06. The zero-order valence-corrected chi connectivity index (χ0v) is 11.9. The maximum Gasteiger partial charge on any atom is 0.186 e. The van der Waals surface area contributed by atoms with Crippen molar-refractivity contribution in [3.05, 3.63) is 48.0 Å². The first kappa shape index (κ1) is 13.7. The molecular weight excluding hydrogens is 256 g/mol. The summed E-state index contributed by atoms with van der Waals surface area (Å²) in [5, 5.41) is 2.40. The summed E-state index contributed by atoms with van der Waals surface area (Å²) < 4.78 is 5.37. The van der Waals surface area contributed by atoms with E-state index in [2.05, 4.69) is 18.2 Å². The third-order valence-electron chi connectivity index (χ3n) is 2.82. The molecule has 2 aromatic carbocycles. The number of thioether (sulfide) groups is 1. The van der Waals surface area contributed by atoms with Gasteiger partial charge in [-0.2, -0.15) is 0 Å². The lowest BCUT2D eigenvalue weighted by atomic mass is 10.0. The average molecular weight is 272 g/mol. The van der Waals surface area contributed by atoms with Gasteiger partial charge in [0.1, 0.15) is 5.75 Å². The van der Waals surface area contributed by atoms with Gasteiger partial charge in [0.2, 0.25) is 0 Å². The average Bonchev–Trinajstić information content (AvgIpc) is 2.43. The lowest BCUT2D eigenvalue weighted by molar-refractivity contribution is -0.109. The molecule has 0 spiro atoms. The molecule has 0 bridgehead atoms. The molecule has 3 heteroatoms. The quantitative estimate of drug-likeness (QED) is 0.836. The first-order chi connectivity index (χ1) is 9.22. The number of carbonyl (C=O) groups is 1. The highest BCUT2D eigenvalue weighted by atomic mass is 32.2. The molecule has 2 aromatic rings. The van der Waals surface area contributed by atoms with Gasteiger partial charge in [0.25, 0.3) is 0 Å². The predicted octanol–water partition coefficient (Wildman–Crippen LogP) is 4.14. The third-order valence-corrected chi connectivity index (χ3v) is 3.58. The van der Waals surface area contributed by atoms with Gasteiger partial charge in [0.05, 0.1) is 7.11 Å². The van der Waals surface area contributed by atoms with Crippen molar-refractivity contribution in [1.82, 2.24) is 0 Å². The Kier molecular flexibility index (Phi) is 4.63. The van der Waals surface area contributed by atoms with Crippen molar-refractivity contribution >= 4 is 33.7 Å². The van der Waals surface area contributed by atoms with Gasteiger partial charge in [-0.15, -0.1) is 0 Å². The predicted molar refractivity (Wildman–Crippen MR) is 82.7 cm³/mol. The van der Waals surface area contributed by atoms with Gasteiger partial charge in [0, 0.05) is 18.1 Å². The molecule has 0 aliphatic carbocycles. The summed E-state index contributed by atoms with van der Waals surface area (Å²) in [5.41, 5.74) is 1.14. The molecule has 0 radical (unpaired) electrons. The van der Waals surface area contributed by atoms with Crippen LogP contribution in [-0.4, -0.2) is 18.0 Å². The second-order valence-corrected chi connectivity index (χ2v) is 5.30. The summed E-state index contributed by atoms with van der Waals surface area (Å²) in [5.74, 6) is 1.58. The molecule has 0 unspecified atom stereocenters. The highest BCUT2D eigenvalue weighted by Crippen LogP contribution is 2.29. The second-order valence-electron chi connectivity index (χ2n) is 4.11. The van der Waals surface area contributed by atoms with Crippen molar-refractivity contribution < 1.29 is 9.53 Å². The molecule has 0 N–H and O–H groups in total. The van der Waals surface area contributed by atoms with E-state index in [1.54, 1.807) is 14.0 Å². The van der Waals surface area contributed by atoms with E-state index in [9.17, 15) is 4.79 Å². The summed E-state index contributed by atoms with van der Waals surface area (Å²) in [7, 11) is 1.68. The summed E-state index contributed by atoms with van der Waals surface area (Å²) in [6, 6.07) is 12.2. The van der Waals surface area contributed by atoms with Crippen LogP contribution in [-0.2, 0) is 4.79 Å². The molecule has 0 heterocycles. The molecule has 2 rings (SSSR count). The zero-order chi connectivity index (χ0) is 13.7. The van der Waals surface area contributed by atoms with Crippen molar-refractivity contribution in [2.45, 2.75) is 6.92 Å². The van der Waals surface area contributed by atoms with E-state index >= 15 is 0 Å². The molecule has 0 saturated heterocycles. The van der Waals surface area contributed by atoms with Crippen molar-refractivity contribution in [1.29, 1.82) is 0 Å². The summed E-state index contributed by atoms with van der Waals surface area (Å²) in [4.78, 5) is 10.9. The fraction of sp³-hybridized carbons (Fsp3) is 0.188. The van der Waals surface area contributed by atoms with E-state index in [4.69, 9.17) is 4.74 Å². The number of carbonyl (C=O) groups excluding carboxylic acids is 1. The fourth-order valence-corrected chi connectivity index (χ4v) is 2.39. The minimum Gasteiger partial charge on any atom is -0.496 e. The van der Waals surface area contributed by atoms with Crippen molar-refractivity contribution in [2.24, 2.45) is 0 Å². The lowest BCUT2D eigenvalue weighted by Crippen LogP contribution is -1.87. The minimum absolute atomic E-state index is 0.143.